The highest BCUT2D eigenvalue weighted by Gasteiger charge is 2.23. The first-order valence-electron chi connectivity index (χ1n) is 7.32. The Labute approximate surface area is 134 Å². The first-order chi connectivity index (χ1) is 11.2. The number of rotatable bonds is 6. The van der Waals surface area contributed by atoms with Gasteiger partial charge in [-0.05, 0) is 36.8 Å². The summed E-state index contributed by atoms with van der Waals surface area (Å²) in [7, 11) is 0. The van der Waals surface area contributed by atoms with E-state index in [2.05, 4.69) is 10.5 Å². The van der Waals surface area contributed by atoms with Crippen molar-refractivity contribution in [1.29, 1.82) is 0 Å². The van der Waals surface area contributed by atoms with Gasteiger partial charge >= 0.3 is 11.9 Å². The third-order valence-corrected chi connectivity index (χ3v) is 2.98. The molecule has 2 aromatic carbocycles. The molecule has 23 heavy (non-hydrogen) atoms. The standard InChI is InChI=1S/C17H18N2O4/c1-3-22-16(20)15(17(21)23-4-2)19-18-14-10-9-12-7-5-6-8-13(12)11-14/h5-11,18H,3-4H2,1-2H3. The molecule has 0 fully saturated rings. The number of benzene rings is 2. The summed E-state index contributed by atoms with van der Waals surface area (Å²) in [5, 5.41) is 5.95. The Morgan fingerprint density at radius 3 is 2.17 bits per heavy atom. The van der Waals surface area contributed by atoms with Crippen molar-refractivity contribution in [2.45, 2.75) is 13.8 Å². The van der Waals surface area contributed by atoms with E-state index in [-0.39, 0.29) is 13.2 Å². The average molecular weight is 314 g/mol. The van der Waals surface area contributed by atoms with Gasteiger partial charge in [0.15, 0.2) is 0 Å². The topological polar surface area (TPSA) is 77.0 Å². The van der Waals surface area contributed by atoms with E-state index in [9.17, 15) is 9.59 Å². The number of hydrogen-bond donors (Lipinski definition) is 1. The fraction of sp³-hybridized carbons (Fsp3) is 0.235. The molecule has 120 valence electrons. The van der Waals surface area contributed by atoms with E-state index < -0.39 is 17.7 Å². The molecule has 0 saturated carbocycles. The lowest BCUT2D eigenvalue weighted by molar-refractivity contribution is -0.140. The van der Waals surface area contributed by atoms with Crippen LogP contribution in [0.5, 0.6) is 0 Å². The number of fused-ring (bicyclic) bond motifs is 1. The van der Waals surface area contributed by atoms with Gasteiger partial charge in [0.1, 0.15) is 0 Å². The normalized spacial score (nSPS) is 10.0. The van der Waals surface area contributed by atoms with E-state index in [1.165, 1.54) is 0 Å². The van der Waals surface area contributed by atoms with Crippen LogP contribution in [0.15, 0.2) is 47.6 Å². The van der Waals surface area contributed by atoms with E-state index in [4.69, 9.17) is 9.47 Å². The summed E-state index contributed by atoms with van der Waals surface area (Å²) in [6.07, 6.45) is 0. The molecule has 0 spiro atoms. The quantitative estimate of drug-likeness (QED) is 0.384. The molecule has 6 nitrogen and oxygen atoms in total. The number of carbonyl (C=O) groups excluding carboxylic acids is 2. The molecule has 0 saturated heterocycles. The molecule has 0 aliphatic heterocycles. The molecular weight excluding hydrogens is 296 g/mol. The van der Waals surface area contributed by atoms with Crippen molar-refractivity contribution < 1.29 is 19.1 Å². The zero-order valence-electron chi connectivity index (χ0n) is 13.0. The number of nitrogens with one attached hydrogen (secondary N) is 1. The summed E-state index contributed by atoms with van der Waals surface area (Å²) >= 11 is 0. The Hall–Kier alpha value is -2.89. The lowest BCUT2D eigenvalue weighted by Gasteiger charge is -2.07. The molecule has 0 amide bonds. The molecule has 0 aliphatic carbocycles. The van der Waals surface area contributed by atoms with Crippen LogP contribution in [-0.4, -0.2) is 30.9 Å². The minimum atomic E-state index is -0.820. The third-order valence-electron chi connectivity index (χ3n) is 2.98. The fourth-order valence-corrected chi connectivity index (χ4v) is 1.95. The Morgan fingerprint density at radius 2 is 1.57 bits per heavy atom. The number of anilines is 1. The van der Waals surface area contributed by atoms with E-state index in [1.54, 1.807) is 19.9 Å². The van der Waals surface area contributed by atoms with Gasteiger partial charge in [0.25, 0.3) is 5.71 Å². The van der Waals surface area contributed by atoms with Crippen molar-refractivity contribution in [3.63, 3.8) is 0 Å². The van der Waals surface area contributed by atoms with Crippen LogP contribution in [0.3, 0.4) is 0 Å². The van der Waals surface area contributed by atoms with Gasteiger partial charge in [0.05, 0.1) is 18.9 Å². The molecule has 0 heterocycles. The SMILES string of the molecule is CCOC(=O)C(=NNc1ccc2ccccc2c1)C(=O)OCC. The lowest BCUT2D eigenvalue weighted by Crippen LogP contribution is -2.29. The molecule has 0 radical (unpaired) electrons. The summed E-state index contributed by atoms with van der Waals surface area (Å²) in [4.78, 5) is 23.6. The maximum Gasteiger partial charge on any atom is 0.366 e. The van der Waals surface area contributed by atoms with Crippen molar-refractivity contribution >= 4 is 34.1 Å². The van der Waals surface area contributed by atoms with Gasteiger partial charge < -0.3 is 9.47 Å². The number of esters is 2. The summed E-state index contributed by atoms with van der Waals surface area (Å²) in [5.41, 5.74) is 2.93. The van der Waals surface area contributed by atoms with Crippen molar-refractivity contribution in [3.8, 4) is 0 Å². The molecule has 0 bridgehead atoms. The van der Waals surface area contributed by atoms with Crippen LogP contribution in [-0.2, 0) is 19.1 Å². The van der Waals surface area contributed by atoms with Gasteiger partial charge in [0, 0.05) is 0 Å². The first-order valence-corrected chi connectivity index (χ1v) is 7.32. The summed E-state index contributed by atoms with van der Waals surface area (Å²) < 4.78 is 9.64. The summed E-state index contributed by atoms with van der Waals surface area (Å²) in [6, 6.07) is 13.4. The van der Waals surface area contributed by atoms with E-state index >= 15 is 0 Å². The maximum atomic E-state index is 11.8. The predicted molar refractivity (Wildman–Crippen MR) is 88.3 cm³/mol. The molecule has 1 N–H and O–H groups in total. The Morgan fingerprint density at radius 1 is 0.957 bits per heavy atom. The predicted octanol–water partition coefficient (Wildman–Crippen LogP) is 2.73. The first kappa shape index (κ1) is 16.5. The van der Waals surface area contributed by atoms with Crippen LogP contribution in [0.2, 0.25) is 0 Å². The van der Waals surface area contributed by atoms with Gasteiger partial charge in [-0.3, -0.25) is 5.43 Å². The van der Waals surface area contributed by atoms with Crippen molar-refractivity contribution in [2.75, 3.05) is 18.6 Å². The number of hydrazone groups is 1. The van der Waals surface area contributed by atoms with Crippen molar-refractivity contribution in [3.05, 3.63) is 42.5 Å². The minimum absolute atomic E-state index is 0.146. The van der Waals surface area contributed by atoms with Gasteiger partial charge in [0.2, 0.25) is 0 Å². The van der Waals surface area contributed by atoms with Gasteiger partial charge in [-0.25, -0.2) is 9.59 Å². The highest BCUT2D eigenvalue weighted by Crippen LogP contribution is 2.18. The van der Waals surface area contributed by atoms with Gasteiger partial charge in [-0.1, -0.05) is 30.3 Å². The van der Waals surface area contributed by atoms with Gasteiger partial charge in [-0.15, -0.1) is 0 Å². The number of ether oxygens (including phenoxy) is 2. The molecule has 2 aromatic rings. The Balaban J connectivity index is 2.23. The van der Waals surface area contributed by atoms with Crippen LogP contribution < -0.4 is 5.43 Å². The van der Waals surface area contributed by atoms with E-state index in [1.807, 2.05) is 36.4 Å². The minimum Gasteiger partial charge on any atom is -0.461 e. The highest BCUT2D eigenvalue weighted by atomic mass is 16.6. The molecule has 0 atom stereocenters. The second-order valence-electron chi connectivity index (χ2n) is 4.58. The Bertz CT molecular complexity index is 720. The zero-order valence-corrected chi connectivity index (χ0v) is 13.0. The highest BCUT2D eigenvalue weighted by molar-refractivity contribution is 6.62. The van der Waals surface area contributed by atoms with Crippen molar-refractivity contribution in [1.82, 2.24) is 0 Å². The van der Waals surface area contributed by atoms with Crippen LogP contribution >= 0.6 is 0 Å². The molecule has 0 aliphatic rings. The molecule has 2 rings (SSSR count). The molecule has 6 heteroatoms. The van der Waals surface area contributed by atoms with Crippen LogP contribution in [0.1, 0.15) is 13.8 Å². The third kappa shape index (κ3) is 4.29. The Kier molecular flexibility index (Phi) is 5.68. The smallest absolute Gasteiger partial charge is 0.366 e. The monoisotopic (exact) mass is 314 g/mol. The molecule has 0 aromatic heterocycles. The van der Waals surface area contributed by atoms with E-state index in [0.717, 1.165) is 10.8 Å². The van der Waals surface area contributed by atoms with E-state index in [0.29, 0.717) is 5.69 Å². The van der Waals surface area contributed by atoms with Crippen molar-refractivity contribution in [2.24, 2.45) is 5.10 Å². The molecular formula is C17H18N2O4. The summed E-state index contributed by atoms with van der Waals surface area (Å²) in [6.45, 7) is 3.59. The largest absolute Gasteiger partial charge is 0.461 e. The van der Waals surface area contributed by atoms with Gasteiger partial charge in [-0.2, -0.15) is 5.10 Å². The fourth-order valence-electron chi connectivity index (χ4n) is 1.95. The number of hydrogen-bond acceptors (Lipinski definition) is 6. The summed E-state index contributed by atoms with van der Waals surface area (Å²) in [5.74, 6) is -1.64. The van der Waals surface area contributed by atoms with Crippen LogP contribution in [0.25, 0.3) is 10.8 Å². The van der Waals surface area contributed by atoms with Crippen LogP contribution in [0, 0.1) is 0 Å². The molecule has 0 unspecified atom stereocenters. The lowest BCUT2D eigenvalue weighted by atomic mass is 10.1. The second kappa shape index (κ2) is 7.93. The number of nitrogens with zero attached hydrogens (tertiary/aromatic N) is 1. The zero-order chi connectivity index (χ0) is 16.7. The second-order valence-corrected chi connectivity index (χ2v) is 4.58. The van der Waals surface area contributed by atoms with Crippen LogP contribution in [0.4, 0.5) is 5.69 Å². The maximum absolute atomic E-state index is 11.8. The average Bonchev–Trinajstić information content (AvgIpc) is 2.55. The number of carbonyl (C=O) groups is 2.